The number of halogens is 2. The van der Waals surface area contributed by atoms with Crippen molar-refractivity contribution < 1.29 is 14.0 Å². The molecule has 1 aromatic rings. The zero-order chi connectivity index (χ0) is 15.1. The number of rotatable bonds is 3. The van der Waals surface area contributed by atoms with Crippen LogP contribution in [0.2, 0.25) is 0 Å². The summed E-state index contributed by atoms with van der Waals surface area (Å²) in [5, 5.41) is 0. The van der Waals surface area contributed by atoms with Gasteiger partial charge in [-0.2, -0.15) is 9.59 Å². The lowest BCUT2D eigenvalue weighted by atomic mass is 10.2. The molecule has 20 heavy (non-hydrogen) atoms. The Labute approximate surface area is 125 Å². The van der Waals surface area contributed by atoms with Crippen molar-refractivity contribution in [1.82, 2.24) is 0 Å². The highest BCUT2D eigenvalue weighted by atomic mass is 79.9. The van der Waals surface area contributed by atoms with Gasteiger partial charge in [0.25, 0.3) is 0 Å². The number of carbonyl (C=O) groups excluding carboxylic acids is 2. The van der Waals surface area contributed by atoms with E-state index in [1.54, 1.807) is 12.1 Å². The predicted octanol–water partition coefficient (Wildman–Crippen LogP) is 3.41. The molecule has 6 heteroatoms. The molecule has 2 rings (SSSR count). The van der Waals surface area contributed by atoms with Crippen molar-refractivity contribution in [3.05, 3.63) is 28.5 Å². The highest BCUT2D eigenvalue weighted by Gasteiger charge is 2.24. The van der Waals surface area contributed by atoms with Gasteiger partial charge in [0.1, 0.15) is 11.7 Å². The van der Waals surface area contributed by atoms with Crippen LogP contribution in [0.4, 0.5) is 10.1 Å². The highest BCUT2D eigenvalue weighted by molar-refractivity contribution is 9.10. The second-order valence-corrected chi connectivity index (χ2v) is 5.11. The molecule has 108 valence electrons. The van der Waals surface area contributed by atoms with E-state index < -0.39 is 0 Å². The average molecular weight is 343 g/mol. The van der Waals surface area contributed by atoms with Crippen molar-refractivity contribution >= 4 is 33.6 Å². The van der Waals surface area contributed by atoms with Gasteiger partial charge in [0.05, 0.1) is 10.5 Å². The Morgan fingerprint density at radius 1 is 1.45 bits per heavy atom. The Balaban J connectivity index is 0.000000612. The van der Waals surface area contributed by atoms with E-state index in [-0.39, 0.29) is 12.0 Å². The summed E-state index contributed by atoms with van der Waals surface area (Å²) in [6.45, 7) is 5.08. The fourth-order valence-corrected chi connectivity index (χ4v) is 2.29. The second kappa shape index (κ2) is 7.92. The van der Waals surface area contributed by atoms with Gasteiger partial charge < -0.3 is 4.90 Å². The van der Waals surface area contributed by atoms with E-state index in [4.69, 9.17) is 9.59 Å². The van der Waals surface area contributed by atoms with Gasteiger partial charge in [-0.1, -0.05) is 13.8 Å². The van der Waals surface area contributed by atoms with Crippen molar-refractivity contribution in [2.24, 2.45) is 4.99 Å². The van der Waals surface area contributed by atoms with E-state index >= 15 is 0 Å². The van der Waals surface area contributed by atoms with Gasteiger partial charge in [-0.25, -0.2) is 4.39 Å². The van der Waals surface area contributed by atoms with Crippen LogP contribution >= 0.6 is 15.9 Å². The molecule has 1 atom stereocenters. The third-order valence-electron chi connectivity index (χ3n) is 3.04. The fourth-order valence-electron chi connectivity index (χ4n) is 2.05. The number of aliphatic imine (C=N–C) groups is 1. The summed E-state index contributed by atoms with van der Waals surface area (Å²) in [4.78, 5) is 23.0. The monoisotopic (exact) mass is 342 g/mol. The lowest BCUT2D eigenvalue weighted by Gasteiger charge is -2.20. The number of nitrogens with zero attached hydrogens (tertiary/aromatic N) is 2. The Bertz CT molecular complexity index is 528. The van der Waals surface area contributed by atoms with Crippen molar-refractivity contribution in [2.45, 2.75) is 32.7 Å². The summed E-state index contributed by atoms with van der Waals surface area (Å²) >= 11 is 3.17. The quantitative estimate of drug-likeness (QED) is 0.845. The summed E-state index contributed by atoms with van der Waals surface area (Å²) in [6, 6.07) is 5.58. The topological polar surface area (TPSA) is 49.7 Å². The molecule has 0 aromatic heterocycles. The van der Waals surface area contributed by atoms with E-state index in [0.717, 1.165) is 30.9 Å². The molecule has 0 bridgehead atoms. The Morgan fingerprint density at radius 3 is 2.60 bits per heavy atom. The number of benzene rings is 1. The minimum atomic E-state index is -0.224. The molecule has 0 radical (unpaired) electrons. The Hall–Kier alpha value is -1.52. The molecule has 0 fully saturated rings. The van der Waals surface area contributed by atoms with Crippen LogP contribution in [0.5, 0.6) is 0 Å². The summed E-state index contributed by atoms with van der Waals surface area (Å²) in [7, 11) is 0. The Morgan fingerprint density at radius 2 is 2.10 bits per heavy atom. The van der Waals surface area contributed by atoms with Crippen LogP contribution in [0.1, 0.15) is 26.7 Å². The molecular weight excluding hydrogens is 327 g/mol. The third-order valence-corrected chi connectivity index (χ3v) is 3.68. The standard InChI is InChI=1S/C13H16BrFN2.CO2/c1-3-9-8-17(13(4-2)16-9)10-5-6-11(14)12(15)7-10;2-1-3/h5-7,9H,3-4,8H2,1-2H3;. The largest absolute Gasteiger partial charge is 0.373 e. The smallest absolute Gasteiger partial charge is 0.328 e. The highest BCUT2D eigenvalue weighted by Crippen LogP contribution is 2.26. The minimum Gasteiger partial charge on any atom is -0.328 e. The third kappa shape index (κ3) is 3.99. The molecule has 0 saturated carbocycles. The van der Waals surface area contributed by atoms with E-state index in [2.05, 4.69) is 39.7 Å². The van der Waals surface area contributed by atoms with Gasteiger partial charge in [-0.3, -0.25) is 4.99 Å². The van der Waals surface area contributed by atoms with Crippen molar-refractivity contribution in [3.8, 4) is 0 Å². The molecule has 0 aliphatic carbocycles. The molecule has 1 heterocycles. The Kier molecular flexibility index (Phi) is 6.55. The SMILES string of the molecule is CCC1=NC(CC)CN1c1ccc(Br)c(F)c1.O=C=O. The van der Waals surface area contributed by atoms with Gasteiger partial charge in [0.15, 0.2) is 0 Å². The molecule has 0 N–H and O–H groups in total. The number of hydrogen-bond acceptors (Lipinski definition) is 4. The molecular formula is C14H16BrFN2O2. The summed E-state index contributed by atoms with van der Waals surface area (Å²) in [5.74, 6) is 0.830. The predicted molar refractivity (Wildman–Crippen MR) is 78.3 cm³/mol. The maximum absolute atomic E-state index is 13.5. The van der Waals surface area contributed by atoms with Crippen LogP contribution in [0.25, 0.3) is 0 Å². The first-order chi connectivity index (χ1) is 9.57. The first-order valence-corrected chi connectivity index (χ1v) is 7.15. The normalized spacial score (nSPS) is 17.1. The van der Waals surface area contributed by atoms with Crippen LogP contribution in [0.3, 0.4) is 0 Å². The van der Waals surface area contributed by atoms with E-state index in [9.17, 15) is 4.39 Å². The van der Waals surface area contributed by atoms with Crippen LogP contribution in [-0.2, 0) is 9.59 Å². The van der Waals surface area contributed by atoms with Crippen LogP contribution in [-0.4, -0.2) is 24.6 Å². The van der Waals surface area contributed by atoms with Crippen LogP contribution in [0.15, 0.2) is 27.7 Å². The maximum atomic E-state index is 13.5. The second-order valence-electron chi connectivity index (χ2n) is 4.25. The molecule has 1 aliphatic rings. The van der Waals surface area contributed by atoms with Crippen molar-refractivity contribution in [3.63, 3.8) is 0 Å². The van der Waals surface area contributed by atoms with Gasteiger partial charge in [0, 0.05) is 18.7 Å². The molecule has 0 saturated heterocycles. The van der Waals surface area contributed by atoms with Crippen LogP contribution < -0.4 is 4.90 Å². The minimum absolute atomic E-state index is 0.224. The molecule has 0 spiro atoms. The lowest BCUT2D eigenvalue weighted by Crippen LogP contribution is -2.28. The molecule has 4 nitrogen and oxygen atoms in total. The molecule has 0 amide bonds. The maximum Gasteiger partial charge on any atom is 0.373 e. The number of hydrogen-bond donors (Lipinski definition) is 0. The summed E-state index contributed by atoms with van der Waals surface area (Å²) < 4.78 is 14.0. The number of anilines is 1. The van der Waals surface area contributed by atoms with Gasteiger partial charge in [-0.05, 0) is 40.5 Å². The molecule has 1 aliphatic heterocycles. The first-order valence-electron chi connectivity index (χ1n) is 6.35. The lowest BCUT2D eigenvalue weighted by molar-refractivity contribution is -0.191. The van der Waals surface area contributed by atoms with Gasteiger partial charge in [0.2, 0.25) is 0 Å². The summed E-state index contributed by atoms with van der Waals surface area (Å²) in [5.41, 5.74) is 0.891. The van der Waals surface area contributed by atoms with Gasteiger partial charge in [-0.15, -0.1) is 0 Å². The zero-order valence-electron chi connectivity index (χ0n) is 11.4. The van der Waals surface area contributed by atoms with E-state index in [0.29, 0.717) is 10.5 Å². The summed E-state index contributed by atoms with van der Waals surface area (Å²) in [6.07, 6.45) is 2.16. The zero-order valence-corrected chi connectivity index (χ0v) is 13.0. The van der Waals surface area contributed by atoms with Crippen molar-refractivity contribution in [2.75, 3.05) is 11.4 Å². The molecule has 1 aromatic carbocycles. The number of amidine groups is 1. The molecule has 1 unspecified atom stereocenters. The van der Waals surface area contributed by atoms with Crippen molar-refractivity contribution in [1.29, 1.82) is 0 Å². The van der Waals surface area contributed by atoms with E-state index in [1.807, 2.05) is 6.07 Å². The van der Waals surface area contributed by atoms with E-state index in [1.165, 1.54) is 0 Å². The first kappa shape index (κ1) is 16.5. The average Bonchev–Trinajstić information content (AvgIpc) is 2.86. The van der Waals surface area contributed by atoms with Crippen LogP contribution in [0, 0.1) is 5.82 Å². The van der Waals surface area contributed by atoms with Gasteiger partial charge >= 0.3 is 6.15 Å². The fraction of sp³-hybridized carbons (Fsp3) is 0.429.